The van der Waals surface area contributed by atoms with Gasteiger partial charge >= 0.3 is 6.18 Å². The quantitative estimate of drug-likeness (QED) is 0.551. The summed E-state index contributed by atoms with van der Waals surface area (Å²) in [6, 6.07) is 7.39. The predicted molar refractivity (Wildman–Crippen MR) is 83.5 cm³/mol. The van der Waals surface area contributed by atoms with E-state index in [9.17, 15) is 22.4 Å². The Morgan fingerprint density at radius 2 is 1.88 bits per heavy atom. The fourth-order valence-electron chi connectivity index (χ4n) is 2.12. The SMILES string of the molecule is O=C(Nc1ccc(Cl)nc1)c1nnn(-c2ccccc2F)c1C(F)(F)F. The fraction of sp³-hybridized carbons (Fsp3) is 0.0667. The van der Waals surface area contributed by atoms with Gasteiger partial charge in [0.15, 0.2) is 11.4 Å². The molecule has 0 saturated heterocycles. The van der Waals surface area contributed by atoms with E-state index in [4.69, 9.17) is 11.6 Å². The van der Waals surface area contributed by atoms with Crippen LogP contribution in [0.2, 0.25) is 5.15 Å². The van der Waals surface area contributed by atoms with E-state index >= 15 is 0 Å². The van der Waals surface area contributed by atoms with Crippen LogP contribution in [0.3, 0.4) is 0 Å². The maximum absolute atomic E-state index is 13.9. The number of nitrogens with zero attached hydrogens (tertiary/aromatic N) is 4. The van der Waals surface area contributed by atoms with Gasteiger partial charge in [-0.05, 0) is 24.3 Å². The summed E-state index contributed by atoms with van der Waals surface area (Å²) in [6.45, 7) is 0. The number of amides is 1. The molecular weight excluding hydrogens is 378 g/mol. The van der Waals surface area contributed by atoms with Crippen molar-refractivity contribution in [3.63, 3.8) is 0 Å². The summed E-state index contributed by atoms with van der Waals surface area (Å²) in [5, 5.41) is 8.93. The average Bonchev–Trinajstić information content (AvgIpc) is 3.02. The predicted octanol–water partition coefficient (Wildman–Crippen LogP) is 3.73. The van der Waals surface area contributed by atoms with Gasteiger partial charge in [0.25, 0.3) is 5.91 Å². The molecule has 1 aromatic carbocycles. The van der Waals surface area contributed by atoms with E-state index in [1.54, 1.807) is 0 Å². The molecule has 2 aromatic heterocycles. The Balaban J connectivity index is 2.04. The molecule has 0 unspecified atom stereocenters. The summed E-state index contributed by atoms with van der Waals surface area (Å²) in [5.41, 5.74) is -2.88. The van der Waals surface area contributed by atoms with Gasteiger partial charge < -0.3 is 5.32 Å². The van der Waals surface area contributed by atoms with Crippen molar-refractivity contribution in [1.82, 2.24) is 20.0 Å². The van der Waals surface area contributed by atoms with Gasteiger partial charge in [0.05, 0.1) is 11.9 Å². The van der Waals surface area contributed by atoms with Gasteiger partial charge in [0.1, 0.15) is 16.7 Å². The number of para-hydroxylation sites is 1. The normalized spacial score (nSPS) is 11.4. The van der Waals surface area contributed by atoms with Crippen LogP contribution in [0.5, 0.6) is 0 Å². The van der Waals surface area contributed by atoms with E-state index in [0.717, 1.165) is 18.3 Å². The monoisotopic (exact) mass is 385 g/mol. The number of aromatic nitrogens is 4. The lowest BCUT2D eigenvalue weighted by Crippen LogP contribution is -2.21. The second-order valence-electron chi connectivity index (χ2n) is 4.97. The minimum atomic E-state index is -5.00. The third-order valence-electron chi connectivity index (χ3n) is 3.22. The number of anilines is 1. The Hall–Kier alpha value is -3.01. The van der Waals surface area contributed by atoms with Crippen molar-refractivity contribution in [3.05, 3.63) is 65.0 Å². The van der Waals surface area contributed by atoms with Crippen molar-refractivity contribution in [2.75, 3.05) is 5.32 Å². The van der Waals surface area contributed by atoms with Crippen molar-refractivity contribution >= 4 is 23.2 Å². The van der Waals surface area contributed by atoms with E-state index in [-0.39, 0.29) is 15.5 Å². The highest BCUT2D eigenvalue weighted by Gasteiger charge is 2.42. The summed E-state index contributed by atoms with van der Waals surface area (Å²) < 4.78 is 54.5. The van der Waals surface area contributed by atoms with Crippen LogP contribution in [0.15, 0.2) is 42.6 Å². The zero-order valence-corrected chi connectivity index (χ0v) is 13.4. The summed E-state index contributed by atoms with van der Waals surface area (Å²) >= 11 is 5.60. The number of carbonyl (C=O) groups is 1. The molecule has 0 aliphatic heterocycles. The van der Waals surface area contributed by atoms with E-state index < -0.39 is 35.0 Å². The smallest absolute Gasteiger partial charge is 0.319 e. The molecular formula is C15H8ClF4N5O. The van der Waals surface area contributed by atoms with Crippen molar-refractivity contribution in [2.24, 2.45) is 0 Å². The van der Waals surface area contributed by atoms with Gasteiger partial charge in [0.2, 0.25) is 0 Å². The topological polar surface area (TPSA) is 72.7 Å². The Labute approximate surface area is 148 Å². The first-order valence-electron chi connectivity index (χ1n) is 6.98. The van der Waals surface area contributed by atoms with Crippen LogP contribution in [0.4, 0.5) is 23.2 Å². The molecule has 1 amide bonds. The van der Waals surface area contributed by atoms with Crippen LogP contribution >= 0.6 is 11.6 Å². The van der Waals surface area contributed by atoms with Gasteiger partial charge in [-0.15, -0.1) is 5.10 Å². The average molecular weight is 386 g/mol. The molecule has 0 bridgehead atoms. The van der Waals surface area contributed by atoms with Crippen molar-refractivity contribution < 1.29 is 22.4 Å². The minimum absolute atomic E-state index is 0.105. The Morgan fingerprint density at radius 3 is 2.50 bits per heavy atom. The lowest BCUT2D eigenvalue weighted by atomic mass is 10.2. The Bertz CT molecular complexity index is 955. The lowest BCUT2D eigenvalue weighted by molar-refractivity contribution is -0.143. The molecule has 0 aliphatic carbocycles. The van der Waals surface area contributed by atoms with Gasteiger partial charge in [-0.25, -0.2) is 14.1 Å². The second-order valence-corrected chi connectivity index (χ2v) is 5.36. The standard InChI is InChI=1S/C15H8ClF4N5O/c16-11-6-5-8(7-21-11)22-14(26)12-13(15(18,19)20)25(24-23-12)10-4-2-1-3-9(10)17/h1-7H,(H,22,26). The molecule has 0 fully saturated rings. The van der Waals surface area contributed by atoms with E-state index in [1.807, 2.05) is 0 Å². The first-order chi connectivity index (χ1) is 12.3. The first-order valence-corrected chi connectivity index (χ1v) is 7.36. The number of rotatable bonds is 3. The van der Waals surface area contributed by atoms with Crippen LogP contribution in [0.1, 0.15) is 16.2 Å². The van der Waals surface area contributed by atoms with Crippen LogP contribution in [-0.4, -0.2) is 25.9 Å². The summed E-state index contributed by atoms with van der Waals surface area (Å²) in [5.74, 6) is -2.12. The van der Waals surface area contributed by atoms with Gasteiger partial charge in [-0.2, -0.15) is 13.2 Å². The number of pyridine rings is 1. The maximum atomic E-state index is 13.9. The Morgan fingerprint density at radius 1 is 1.15 bits per heavy atom. The zero-order chi connectivity index (χ0) is 18.9. The molecule has 0 saturated carbocycles. The van der Waals surface area contributed by atoms with Crippen LogP contribution in [0.25, 0.3) is 5.69 Å². The van der Waals surface area contributed by atoms with E-state index in [0.29, 0.717) is 0 Å². The molecule has 0 atom stereocenters. The molecule has 2 heterocycles. The molecule has 26 heavy (non-hydrogen) atoms. The molecule has 3 aromatic rings. The van der Waals surface area contributed by atoms with E-state index in [1.165, 1.54) is 24.3 Å². The molecule has 6 nitrogen and oxygen atoms in total. The summed E-state index contributed by atoms with van der Waals surface area (Å²) in [7, 11) is 0. The number of carbonyl (C=O) groups excluding carboxylic acids is 1. The number of halogens is 5. The highest BCUT2D eigenvalue weighted by atomic mass is 35.5. The third kappa shape index (κ3) is 3.49. The Kier molecular flexibility index (Phi) is 4.60. The van der Waals surface area contributed by atoms with Gasteiger partial charge in [-0.3, -0.25) is 4.79 Å². The van der Waals surface area contributed by atoms with Crippen LogP contribution < -0.4 is 5.32 Å². The van der Waals surface area contributed by atoms with Crippen molar-refractivity contribution in [1.29, 1.82) is 0 Å². The molecule has 0 radical (unpaired) electrons. The highest BCUT2D eigenvalue weighted by Crippen LogP contribution is 2.33. The van der Waals surface area contributed by atoms with Gasteiger partial charge in [0, 0.05) is 0 Å². The third-order valence-corrected chi connectivity index (χ3v) is 3.44. The number of nitrogens with one attached hydrogen (secondary N) is 1. The number of hydrogen-bond donors (Lipinski definition) is 1. The number of alkyl halides is 3. The molecule has 11 heteroatoms. The van der Waals surface area contributed by atoms with Crippen molar-refractivity contribution in [3.8, 4) is 5.69 Å². The molecule has 1 N–H and O–H groups in total. The lowest BCUT2D eigenvalue weighted by Gasteiger charge is -2.11. The zero-order valence-electron chi connectivity index (χ0n) is 12.6. The summed E-state index contributed by atoms with van der Waals surface area (Å²) in [4.78, 5) is 15.9. The molecule has 134 valence electrons. The maximum Gasteiger partial charge on any atom is 0.435 e. The molecule has 0 aliphatic rings. The first kappa shape index (κ1) is 17.8. The van der Waals surface area contributed by atoms with Gasteiger partial charge in [-0.1, -0.05) is 28.9 Å². The number of hydrogen-bond acceptors (Lipinski definition) is 4. The molecule has 3 rings (SSSR count). The van der Waals surface area contributed by atoms with Crippen LogP contribution in [-0.2, 0) is 6.18 Å². The summed E-state index contributed by atoms with van der Waals surface area (Å²) in [6.07, 6.45) is -3.84. The number of benzene rings is 1. The fourth-order valence-corrected chi connectivity index (χ4v) is 2.23. The molecule has 0 spiro atoms. The van der Waals surface area contributed by atoms with Crippen molar-refractivity contribution in [2.45, 2.75) is 6.18 Å². The van der Waals surface area contributed by atoms with Crippen LogP contribution in [0, 0.1) is 5.82 Å². The second kappa shape index (κ2) is 6.71. The minimum Gasteiger partial charge on any atom is -0.319 e. The van der Waals surface area contributed by atoms with E-state index in [2.05, 4.69) is 20.6 Å². The highest BCUT2D eigenvalue weighted by molar-refractivity contribution is 6.29. The largest absolute Gasteiger partial charge is 0.435 e.